The first-order valence-corrected chi connectivity index (χ1v) is 6.54. The van der Waals surface area contributed by atoms with E-state index < -0.39 is 5.97 Å². The van der Waals surface area contributed by atoms with Crippen molar-refractivity contribution in [1.82, 2.24) is 9.55 Å². The second-order valence-electron chi connectivity index (χ2n) is 4.45. The van der Waals surface area contributed by atoms with Crippen LogP contribution in [0.15, 0.2) is 53.3 Å². The number of H-pyrrole nitrogens is 1. The molecule has 0 bridgehead atoms. The third kappa shape index (κ3) is 2.25. The highest BCUT2D eigenvalue weighted by molar-refractivity contribution is 7.71. The van der Waals surface area contributed by atoms with Crippen molar-refractivity contribution in [2.45, 2.75) is 0 Å². The Labute approximate surface area is 124 Å². The maximum Gasteiger partial charge on any atom is 0.266 e. The van der Waals surface area contributed by atoms with E-state index in [0.29, 0.717) is 16.6 Å². The number of aromatic nitrogens is 2. The van der Waals surface area contributed by atoms with Crippen molar-refractivity contribution in [2.75, 3.05) is 0 Å². The lowest BCUT2D eigenvalue weighted by Gasteiger charge is -2.10. The summed E-state index contributed by atoms with van der Waals surface area (Å²) in [5, 5.41) is 11.4. The van der Waals surface area contributed by atoms with Gasteiger partial charge < -0.3 is 14.9 Å². The number of hydrogen-bond acceptors (Lipinski definition) is 4. The minimum absolute atomic E-state index is 0.0121. The van der Waals surface area contributed by atoms with Gasteiger partial charge in [-0.15, -0.1) is 0 Å². The SMILES string of the molecule is O=C([O-])c1cccc(-n2c(=S)[nH]c3ccccc3c2=O)c1. The van der Waals surface area contributed by atoms with E-state index in [1.54, 1.807) is 30.3 Å². The molecule has 2 aromatic carbocycles. The molecule has 0 fully saturated rings. The van der Waals surface area contributed by atoms with Crippen LogP contribution < -0.4 is 10.7 Å². The Morgan fingerprint density at radius 2 is 1.90 bits per heavy atom. The van der Waals surface area contributed by atoms with Gasteiger partial charge in [-0.05, 0) is 42.0 Å². The van der Waals surface area contributed by atoms with E-state index in [4.69, 9.17) is 12.2 Å². The van der Waals surface area contributed by atoms with Gasteiger partial charge in [-0.25, -0.2) is 0 Å². The molecule has 0 aliphatic rings. The molecule has 0 amide bonds. The van der Waals surface area contributed by atoms with Crippen molar-refractivity contribution < 1.29 is 9.90 Å². The molecular formula is C15H9N2O3S-. The fraction of sp³-hybridized carbons (Fsp3) is 0. The summed E-state index contributed by atoms with van der Waals surface area (Å²) in [5.41, 5.74) is 0.709. The van der Waals surface area contributed by atoms with Gasteiger partial charge in [-0.3, -0.25) is 9.36 Å². The predicted molar refractivity (Wildman–Crippen MR) is 79.1 cm³/mol. The van der Waals surface area contributed by atoms with E-state index in [-0.39, 0.29) is 15.9 Å². The van der Waals surface area contributed by atoms with Crippen molar-refractivity contribution in [3.05, 3.63) is 69.2 Å². The number of carboxylic acids is 1. The molecule has 1 N–H and O–H groups in total. The van der Waals surface area contributed by atoms with Crippen molar-refractivity contribution in [3.8, 4) is 5.69 Å². The molecule has 1 heterocycles. The maximum absolute atomic E-state index is 12.5. The summed E-state index contributed by atoms with van der Waals surface area (Å²) >= 11 is 5.20. The van der Waals surface area contributed by atoms with E-state index >= 15 is 0 Å². The number of para-hydroxylation sites is 1. The van der Waals surface area contributed by atoms with Crippen LogP contribution in [0.2, 0.25) is 0 Å². The zero-order chi connectivity index (χ0) is 15.0. The van der Waals surface area contributed by atoms with Crippen LogP contribution in [0.3, 0.4) is 0 Å². The lowest BCUT2D eigenvalue weighted by Crippen LogP contribution is -2.24. The Morgan fingerprint density at radius 3 is 2.67 bits per heavy atom. The van der Waals surface area contributed by atoms with Gasteiger partial charge in [-0.2, -0.15) is 0 Å². The maximum atomic E-state index is 12.5. The fourth-order valence-corrected chi connectivity index (χ4v) is 2.47. The summed E-state index contributed by atoms with van der Waals surface area (Å²) in [7, 11) is 0. The predicted octanol–water partition coefficient (Wildman–Crippen LogP) is 1.41. The number of aromatic amines is 1. The highest BCUT2D eigenvalue weighted by Gasteiger charge is 2.07. The first kappa shape index (κ1) is 13.3. The van der Waals surface area contributed by atoms with Gasteiger partial charge >= 0.3 is 0 Å². The summed E-state index contributed by atoms with van der Waals surface area (Å²) in [6.45, 7) is 0. The van der Waals surface area contributed by atoms with Gasteiger partial charge in [-0.1, -0.05) is 24.3 Å². The minimum Gasteiger partial charge on any atom is -0.545 e. The highest BCUT2D eigenvalue weighted by Crippen LogP contribution is 2.12. The quantitative estimate of drug-likeness (QED) is 0.725. The molecule has 0 aliphatic heterocycles. The molecule has 104 valence electrons. The second kappa shape index (κ2) is 4.99. The lowest BCUT2D eigenvalue weighted by molar-refractivity contribution is -0.255. The second-order valence-corrected chi connectivity index (χ2v) is 4.84. The Bertz CT molecular complexity index is 972. The molecule has 3 rings (SSSR count). The molecule has 0 aliphatic carbocycles. The molecule has 5 nitrogen and oxygen atoms in total. The molecular weight excluding hydrogens is 288 g/mol. The average molecular weight is 297 g/mol. The Hall–Kier alpha value is -2.73. The van der Waals surface area contributed by atoms with Crippen LogP contribution in [0, 0.1) is 4.77 Å². The first-order chi connectivity index (χ1) is 10.1. The summed E-state index contributed by atoms with van der Waals surface area (Å²) in [4.78, 5) is 26.4. The number of benzene rings is 2. The van der Waals surface area contributed by atoms with E-state index in [9.17, 15) is 14.7 Å². The molecule has 0 saturated heterocycles. The van der Waals surface area contributed by atoms with Crippen molar-refractivity contribution in [1.29, 1.82) is 0 Å². The van der Waals surface area contributed by atoms with Gasteiger partial charge in [0.15, 0.2) is 4.77 Å². The number of carbonyl (C=O) groups is 1. The average Bonchev–Trinajstić information content (AvgIpc) is 2.47. The van der Waals surface area contributed by atoms with Crippen LogP contribution >= 0.6 is 12.2 Å². The monoisotopic (exact) mass is 297 g/mol. The van der Waals surface area contributed by atoms with Crippen LogP contribution in [0.4, 0.5) is 0 Å². The fourth-order valence-electron chi connectivity index (χ4n) is 2.17. The van der Waals surface area contributed by atoms with Crippen molar-refractivity contribution in [3.63, 3.8) is 0 Å². The smallest absolute Gasteiger partial charge is 0.266 e. The Balaban J connectivity index is 2.35. The topological polar surface area (TPSA) is 77.9 Å². The number of nitrogens with zero attached hydrogens (tertiary/aromatic N) is 1. The summed E-state index contributed by atoms with van der Waals surface area (Å²) in [5.74, 6) is -1.31. The van der Waals surface area contributed by atoms with Gasteiger partial charge in [0.2, 0.25) is 0 Å². The first-order valence-electron chi connectivity index (χ1n) is 6.14. The molecule has 0 unspecified atom stereocenters. The minimum atomic E-state index is -1.31. The molecule has 0 saturated carbocycles. The van der Waals surface area contributed by atoms with Gasteiger partial charge in [0, 0.05) is 0 Å². The standard InChI is InChI=1S/C15H10N2O3S/c18-13-11-6-1-2-7-12(11)16-15(21)17(13)10-5-3-4-9(8-10)14(19)20/h1-8H,(H,16,21)(H,19,20)/p-1. The van der Waals surface area contributed by atoms with Crippen LogP contribution in [0.1, 0.15) is 10.4 Å². The molecule has 21 heavy (non-hydrogen) atoms. The van der Waals surface area contributed by atoms with Crippen LogP contribution in [-0.2, 0) is 0 Å². The van der Waals surface area contributed by atoms with Crippen molar-refractivity contribution >= 4 is 29.1 Å². The van der Waals surface area contributed by atoms with Crippen LogP contribution in [-0.4, -0.2) is 15.5 Å². The molecule has 0 spiro atoms. The van der Waals surface area contributed by atoms with E-state index in [0.717, 1.165) is 0 Å². The third-order valence-electron chi connectivity index (χ3n) is 3.15. The van der Waals surface area contributed by atoms with E-state index in [2.05, 4.69) is 4.98 Å². The molecule has 0 radical (unpaired) electrons. The number of nitrogens with one attached hydrogen (secondary N) is 1. The normalized spacial score (nSPS) is 10.7. The van der Waals surface area contributed by atoms with E-state index in [1.165, 1.54) is 22.8 Å². The van der Waals surface area contributed by atoms with Crippen LogP contribution in [0.5, 0.6) is 0 Å². The Kier molecular flexibility index (Phi) is 3.15. The number of carbonyl (C=O) groups excluding carboxylic acids is 1. The number of aromatic carboxylic acids is 1. The molecule has 0 atom stereocenters. The number of carboxylic acid groups (broad SMARTS) is 1. The number of fused-ring (bicyclic) bond motifs is 1. The molecule has 6 heteroatoms. The number of rotatable bonds is 2. The highest BCUT2D eigenvalue weighted by atomic mass is 32.1. The largest absolute Gasteiger partial charge is 0.545 e. The van der Waals surface area contributed by atoms with Gasteiger partial charge in [0.1, 0.15) is 0 Å². The summed E-state index contributed by atoms with van der Waals surface area (Å²) < 4.78 is 1.47. The van der Waals surface area contributed by atoms with E-state index in [1.807, 2.05) is 0 Å². The van der Waals surface area contributed by atoms with Crippen molar-refractivity contribution in [2.24, 2.45) is 0 Å². The van der Waals surface area contributed by atoms with Gasteiger partial charge in [0.25, 0.3) is 5.56 Å². The van der Waals surface area contributed by atoms with Crippen LogP contribution in [0.25, 0.3) is 16.6 Å². The Morgan fingerprint density at radius 1 is 1.14 bits per heavy atom. The number of hydrogen-bond donors (Lipinski definition) is 1. The van der Waals surface area contributed by atoms with Gasteiger partial charge in [0.05, 0.1) is 22.6 Å². The molecule has 1 aromatic heterocycles. The zero-order valence-electron chi connectivity index (χ0n) is 10.7. The summed E-state index contributed by atoms with van der Waals surface area (Å²) in [6, 6.07) is 12.9. The zero-order valence-corrected chi connectivity index (χ0v) is 11.5. The summed E-state index contributed by atoms with van der Waals surface area (Å²) in [6.07, 6.45) is 0. The lowest BCUT2D eigenvalue weighted by atomic mass is 10.2. The molecule has 3 aromatic rings. The third-order valence-corrected chi connectivity index (χ3v) is 3.43.